The second-order valence-electron chi connectivity index (χ2n) is 4.89. The third-order valence-corrected chi connectivity index (χ3v) is 3.57. The number of phenols is 2. The van der Waals surface area contributed by atoms with Gasteiger partial charge in [0.2, 0.25) is 0 Å². The minimum atomic E-state index is -0.913. The van der Waals surface area contributed by atoms with E-state index in [1.165, 1.54) is 12.1 Å². The minimum Gasteiger partial charge on any atom is -0.509 e. The van der Waals surface area contributed by atoms with E-state index < -0.39 is 7.25 Å². The maximum absolute atomic E-state index is 9.92. The molecule has 0 spiro atoms. The highest BCUT2D eigenvalue weighted by atomic mass is 35.5. The van der Waals surface area contributed by atoms with Gasteiger partial charge in [-0.1, -0.05) is 24.3 Å². The van der Waals surface area contributed by atoms with E-state index in [0.717, 1.165) is 0 Å². The largest absolute Gasteiger partial charge is 0.701 e. The van der Waals surface area contributed by atoms with Gasteiger partial charge in [-0.05, 0) is 24.3 Å². The van der Waals surface area contributed by atoms with Crippen molar-refractivity contribution in [3.05, 3.63) is 48.5 Å². The van der Waals surface area contributed by atoms with Crippen molar-refractivity contribution < 1.29 is 19.5 Å². The van der Waals surface area contributed by atoms with Gasteiger partial charge in [-0.25, -0.2) is 0 Å². The van der Waals surface area contributed by atoms with Crippen molar-refractivity contribution in [1.82, 2.24) is 4.81 Å². The van der Waals surface area contributed by atoms with Crippen LogP contribution in [-0.2, 0) is 0 Å². The first-order chi connectivity index (χ1) is 11.7. The lowest BCUT2D eigenvalue weighted by atomic mass is 10.0. The van der Waals surface area contributed by atoms with Crippen LogP contribution in [0.25, 0.3) is 0 Å². The van der Waals surface area contributed by atoms with Crippen LogP contribution in [0.15, 0.2) is 48.5 Å². The molecule has 0 saturated heterocycles. The Morgan fingerprint density at radius 3 is 1.58 bits per heavy atom. The summed E-state index contributed by atoms with van der Waals surface area (Å²) in [5.74, 6) is 1.18. The molecule has 2 rings (SSSR count). The maximum Gasteiger partial charge on any atom is 0.701 e. The first kappa shape index (κ1) is 18.6. The quantitative estimate of drug-likeness (QED) is 0.524. The van der Waals surface area contributed by atoms with Crippen LogP contribution < -0.4 is 9.31 Å². The van der Waals surface area contributed by atoms with Crippen LogP contribution in [0.4, 0.5) is 0 Å². The third kappa shape index (κ3) is 5.13. The first-order valence-electron chi connectivity index (χ1n) is 7.41. The van der Waals surface area contributed by atoms with Crippen molar-refractivity contribution in [1.29, 1.82) is 0 Å². The number of para-hydroxylation sites is 4. The molecular formula is C16H18BCl2NO4. The van der Waals surface area contributed by atoms with E-state index in [1.54, 1.807) is 41.2 Å². The Kier molecular flexibility index (Phi) is 7.37. The minimum absolute atomic E-state index is 0.0138. The summed E-state index contributed by atoms with van der Waals surface area (Å²) in [5, 5.41) is 19.8. The second kappa shape index (κ2) is 9.52. The number of alkyl halides is 2. The van der Waals surface area contributed by atoms with Gasteiger partial charge in [-0.3, -0.25) is 4.81 Å². The Morgan fingerprint density at radius 2 is 1.21 bits per heavy atom. The normalized spacial score (nSPS) is 10.6. The number of aromatic hydroxyl groups is 2. The molecule has 128 valence electrons. The summed E-state index contributed by atoms with van der Waals surface area (Å²) in [4.78, 5) is 1.78. The lowest BCUT2D eigenvalue weighted by Gasteiger charge is -2.26. The Balaban J connectivity index is 2.26. The molecular weight excluding hydrogens is 352 g/mol. The van der Waals surface area contributed by atoms with E-state index in [2.05, 4.69) is 0 Å². The fraction of sp³-hybridized carbons (Fsp3) is 0.250. The van der Waals surface area contributed by atoms with Crippen molar-refractivity contribution >= 4 is 30.5 Å². The number of benzene rings is 2. The molecule has 5 nitrogen and oxygen atoms in total. The molecule has 0 aromatic heterocycles. The predicted octanol–water partition coefficient (Wildman–Crippen LogP) is 3.32. The number of rotatable bonds is 9. The van der Waals surface area contributed by atoms with Gasteiger partial charge in [0.25, 0.3) is 0 Å². The number of halogens is 2. The molecule has 0 bridgehead atoms. The van der Waals surface area contributed by atoms with Crippen LogP contribution >= 0.6 is 23.2 Å². The Bertz CT molecular complexity index is 593. The molecule has 2 aromatic rings. The van der Waals surface area contributed by atoms with Crippen LogP contribution in [0.2, 0.25) is 0 Å². The average Bonchev–Trinajstić information content (AvgIpc) is 2.58. The molecule has 8 heteroatoms. The van der Waals surface area contributed by atoms with Gasteiger partial charge in [-0.15, -0.1) is 23.2 Å². The highest BCUT2D eigenvalue weighted by molar-refractivity contribution is 6.43. The van der Waals surface area contributed by atoms with Crippen molar-refractivity contribution in [2.24, 2.45) is 0 Å². The summed E-state index contributed by atoms with van der Waals surface area (Å²) >= 11 is 11.7. The van der Waals surface area contributed by atoms with E-state index in [4.69, 9.17) is 32.5 Å². The van der Waals surface area contributed by atoms with Gasteiger partial charge in [0.1, 0.15) is 11.5 Å². The second-order valence-corrected chi connectivity index (χ2v) is 5.65. The number of phenolic OH excluding ortho intramolecular Hbond substituents is 2. The zero-order valence-electron chi connectivity index (χ0n) is 12.9. The lowest BCUT2D eigenvalue weighted by Crippen LogP contribution is -2.50. The topological polar surface area (TPSA) is 62.2 Å². The molecule has 0 aliphatic heterocycles. The predicted molar refractivity (Wildman–Crippen MR) is 96.2 cm³/mol. The summed E-state index contributed by atoms with van der Waals surface area (Å²) in [6.45, 7) is 0.917. The van der Waals surface area contributed by atoms with Crippen molar-refractivity contribution in [2.45, 2.75) is 0 Å². The molecule has 2 N–H and O–H groups in total. The summed E-state index contributed by atoms with van der Waals surface area (Å²) < 4.78 is 11.6. The first-order valence-corrected chi connectivity index (χ1v) is 8.48. The van der Waals surface area contributed by atoms with E-state index in [9.17, 15) is 10.2 Å². The van der Waals surface area contributed by atoms with E-state index in [0.29, 0.717) is 24.8 Å². The SMILES string of the molecule is Oc1ccccc1OB(Oc1ccccc1O)N(CCCl)CCCl. The number of hydrogen-bond acceptors (Lipinski definition) is 5. The van der Waals surface area contributed by atoms with Crippen LogP contribution in [0, 0.1) is 0 Å². The average molecular weight is 370 g/mol. The highest BCUT2D eigenvalue weighted by Gasteiger charge is 2.34. The molecule has 0 heterocycles. The third-order valence-electron chi connectivity index (χ3n) is 3.23. The lowest BCUT2D eigenvalue weighted by molar-refractivity contribution is 0.291. The van der Waals surface area contributed by atoms with Crippen molar-refractivity contribution in [2.75, 3.05) is 24.8 Å². The zero-order valence-corrected chi connectivity index (χ0v) is 14.5. The van der Waals surface area contributed by atoms with Gasteiger partial charge in [0, 0.05) is 24.8 Å². The summed E-state index contributed by atoms with van der Waals surface area (Å²) in [6, 6.07) is 13.1. The summed E-state index contributed by atoms with van der Waals surface area (Å²) in [5.41, 5.74) is 0. The van der Waals surface area contributed by atoms with Gasteiger partial charge in [0.15, 0.2) is 11.5 Å². The van der Waals surface area contributed by atoms with E-state index in [-0.39, 0.29) is 23.0 Å². The highest BCUT2D eigenvalue weighted by Crippen LogP contribution is 2.29. The van der Waals surface area contributed by atoms with Crippen LogP contribution in [0.1, 0.15) is 0 Å². The monoisotopic (exact) mass is 369 g/mol. The Hall–Kier alpha value is -1.76. The van der Waals surface area contributed by atoms with Crippen LogP contribution in [0.5, 0.6) is 23.0 Å². The molecule has 0 saturated carbocycles. The fourth-order valence-electron chi connectivity index (χ4n) is 2.04. The number of hydrogen-bond donors (Lipinski definition) is 2. The molecule has 0 amide bonds. The molecule has 2 aromatic carbocycles. The Morgan fingerprint density at radius 1 is 0.792 bits per heavy atom. The molecule has 24 heavy (non-hydrogen) atoms. The van der Waals surface area contributed by atoms with Gasteiger partial charge in [0.05, 0.1) is 0 Å². The van der Waals surface area contributed by atoms with Crippen LogP contribution in [-0.4, -0.2) is 47.1 Å². The maximum atomic E-state index is 9.92. The molecule has 0 aliphatic rings. The zero-order chi connectivity index (χ0) is 17.4. The van der Waals surface area contributed by atoms with Gasteiger partial charge >= 0.3 is 7.25 Å². The molecule has 0 aliphatic carbocycles. The fourth-order valence-corrected chi connectivity index (χ4v) is 2.48. The molecule has 0 atom stereocenters. The van der Waals surface area contributed by atoms with Crippen molar-refractivity contribution in [3.63, 3.8) is 0 Å². The summed E-state index contributed by atoms with van der Waals surface area (Å²) in [7, 11) is -0.913. The van der Waals surface area contributed by atoms with Crippen LogP contribution in [0.3, 0.4) is 0 Å². The standard InChI is InChI=1S/C16H18BCl2NO4/c18-9-11-20(12-10-19)17(23-15-7-3-1-5-13(15)21)24-16-8-4-2-6-14(16)22/h1-8,21-22H,9-12H2. The summed E-state index contributed by atoms with van der Waals surface area (Å²) in [6.07, 6.45) is 0. The van der Waals surface area contributed by atoms with Crippen molar-refractivity contribution in [3.8, 4) is 23.0 Å². The van der Waals surface area contributed by atoms with E-state index >= 15 is 0 Å². The molecule has 0 radical (unpaired) electrons. The molecule has 0 fully saturated rings. The molecule has 0 unspecified atom stereocenters. The smallest absolute Gasteiger partial charge is 0.509 e. The van der Waals surface area contributed by atoms with Gasteiger partial charge in [-0.2, -0.15) is 0 Å². The van der Waals surface area contributed by atoms with E-state index in [1.807, 2.05) is 0 Å². The Labute approximate surface area is 151 Å². The van der Waals surface area contributed by atoms with Gasteiger partial charge < -0.3 is 19.5 Å². The number of nitrogens with zero attached hydrogens (tertiary/aromatic N) is 1.